The Kier molecular flexibility index (Phi) is 2.03. The monoisotopic (exact) mass is 192 g/mol. The van der Waals surface area contributed by atoms with Gasteiger partial charge in [-0.2, -0.15) is 0 Å². The van der Waals surface area contributed by atoms with Crippen LogP contribution in [-0.2, 0) is 6.54 Å². The fourth-order valence-corrected chi connectivity index (χ4v) is 2.55. The van der Waals surface area contributed by atoms with Crippen molar-refractivity contribution < 1.29 is 0 Å². The SMILES string of the molecule is c1nc2c([nH]1)CNCC2N1CCCC1. The molecule has 1 saturated heterocycles. The van der Waals surface area contributed by atoms with Crippen molar-refractivity contribution in [3.63, 3.8) is 0 Å². The summed E-state index contributed by atoms with van der Waals surface area (Å²) in [5.41, 5.74) is 2.54. The Balaban J connectivity index is 1.88. The van der Waals surface area contributed by atoms with Crippen molar-refractivity contribution in [2.24, 2.45) is 0 Å². The Morgan fingerprint density at radius 3 is 3.07 bits per heavy atom. The van der Waals surface area contributed by atoms with Gasteiger partial charge >= 0.3 is 0 Å². The summed E-state index contributed by atoms with van der Waals surface area (Å²) in [6.07, 6.45) is 4.51. The number of likely N-dealkylation sites (tertiary alicyclic amines) is 1. The Hall–Kier alpha value is -0.870. The smallest absolute Gasteiger partial charge is 0.0926 e. The molecular formula is C10H16N4. The van der Waals surface area contributed by atoms with E-state index in [0.29, 0.717) is 6.04 Å². The van der Waals surface area contributed by atoms with Gasteiger partial charge in [-0.15, -0.1) is 0 Å². The van der Waals surface area contributed by atoms with Crippen molar-refractivity contribution in [3.8, 4) is 0 Å². The number of aromatic amines is 1. The Labute approximate surface area is 83.7 Å². The maximum absolute atomic E-state index is 4.45. The normalized spacial score (nSPS) is 27.9. The molecule has 3 rings (SSSR count). The van der Waals surface area contributed by atoms with Crippen LogP contribution in [0.4, 0.5) is 0 Å². The van der Waals surface area contributed by atoms with Gasteiger partial charge in [-0.25, -0.2) is 4.98 Å². The largest absolute Gasteiger partial charge is 0.347 e. The number of nitrogens with zero attached hydrogens (tertiary/aromatic N) is 2. The van der Waals surface area contributed by atoms with Crippen molar-refractivity contribution >= 4 is 0 Å². The maximum atomic E-state index is 4.45. The molecule has 0 radical (unpaired) electrons. The maximum Gasteiger partial charge on any atom is 0.0926 e. The number of fused-ring (bicyclic) bond motifs is 1. The van der Waals surface area contributed by atoms with E-state index in [0.717, 1.165) is 13.1 Å². The number of aromatic nitrogens is 2. The lowest BCUT2D eigenvalue weighted by molar-refractivity contribution is 0.224. The van der Waals surface area contributed by atoms with Crippen molar-refractivity contribution in [2.75, 3.05) is 19.6 Å². The van der Waals surface area contributed by atoms with Gasteiger partial charge in [0.15, 0.2) is 0 Å². The van der Waals surface area contributed by atoms with E-state index in [1.165, 1.54) is 37.3 Å². The first-order valence-electron chi connectivity index (χ1n) is 5.42. The standard InChI is InChI=1S/C10H16N4/c1-2-4-14(3-1)9-6-11-5-8-10(9)13-7-12-8/h7,9,11H,1-6H2,(H,12,13). The fraction of sp³-hybridized carbons (Fsp3) is 0.700. The molecule has 1 aromatic heterocycles. The molecule has 4 nitrogen and oxygen atoms in total. The molecule has 76 valence electrons. The van der Waals surface area contributed by atoms with Crippen molar-refractivity contribution in [1.82, 2.24) is 20.2 Å². The topological polar surface area (TPSA) is 44.0 Å². The van der Waals surface area contributed by atoms with Crippen LogP contribution in [0.15, 0.2) is 6.33 Å². The highest BCUT2D eigenvalue weighted by Crippen LogP contribution is 2.27. The van der Waals surface area contributed by atoms with Crippen LogP contribution < -0.4 is 5.32 Å². The molecule has 2 aliphatic rings. The average molecular weight is 192 g/mol. The highest BCUT2D eigenvalue weighted by Gasteiger charge is 2.29. The summed E-state index contributed by atoms with van der Waals surface area (Å²) in [7, 11) is 0. The van der Waals surface area contributed by atoms with Gasteiger partial charge in [0, 0.05) is 13.1 Å². The summed E-state index contributed by atoms with van der Waals surface area (Å²) in [6, 6.07) is 0.507. The van der Waals surface area contributed by atoms with Crippen LogP contribution in [-0.4, -0.2) is 34.5 Å². The van der Waals surface area contributed by atoms with E-state index in [1.807, 2.05) is 6.33 Å². The first kappa shape index (κ1) is 8.44. The van der Waals surface area contributed by atoms with E-state index in [9.17, 15) is 0 Å². The molecule has 1 fully saturated rings. The minimum atomic E-state index is 0.507. The Bertz CT molecular complexity index is 314. The summed E-state index contributed by atoms with van der Waals surface area (Å²) in [5, 5.41) is 3.44. The Morgan fingerprint density at radius 1 is 1.36 bits per heavy atom. The zero-order valence-electron chi connectivity index (χ0n) is 8.29. The molecule has 2 aliphatic heterocycles. The zero-order chi connectivity index (χ0) is 9.38. The van der Waals surface area contributed by atoms with E-state index < -0.39 is 0 Å². The molecule has 0 spiro atoms. The average Bonchev–Trinajstić information content (AvgIpc) is 2.88. The quantitative estimate of drug-likeness (QED) is 0.686. The van der Waals surface area contributed by atoms with Crippen LogP contribution in [0.3, 0.4) is 0 Å². The number of hydrogen-bond acceptors (Lipinski definition) is 3. The molecule has 1 unspecified atom stereocenters. The van der Waals surface area contributed by atoms with Crippen LogP contribution in [0.25, 0.3) is 0 Å². The fourth-order valence-electron chi connectivity index (χ4n) is 2.55. The van der Waals surface area contributed by atoms with Crippen molar-refractivity contribution in [2.45, 2.75) is 25.4 Å². The summed E-state index contributed by atoms with van der Waals surface area (Å²) in [6.45, 7) is 4.47. The highest BCUT2D eigenvalue weighted by molar-refractivity contribution is 5.19. The number of nitrogens with one attached hydrogen (secondary N) is 2. The summed E-state index contributed by atoms with van der Waals surface area (Å²) >= 11 is 0. The van der Waals surface area contributed by atoms with E-state index in [1.54, 1.807) is 0 Å². The second-order valence-electron chi connectivity index (χ2n) is 4.16. The summed E-state index contributed by atoms with van der Waals surface area (Å²) in [4.78, 5) is 10.2. The lowest BCUT2D eigenvalue weighted by Crippen LogP contribution is -2.38. The highest BCUT2D eigenvalue weighted by atomic mass is 15.2. The molecule has 3 heterocycles. The molecule has 1 atom stereocenters. The van der Waals surface area contributed by atoms with Gasteiger partial charge in [-0.3, -0.25) is 4.90 Å². The molecule has 2 N–H and O–H groups in total. The molecule has 14 heavy (non-hydrogen) atoms. The van der Waals surface area contributed by atoms with Crippen LogP contribution in [0.1, 0.15) is 30.3 Å². The van der Waals surface area contributed by atoms with Gasteiger partial charge in [0.1, 0.15) is 0 Å². The van der Waals surface area contributed by atoms with Crippen molar-refractivity contribution in [3.05, 3.63) is 17.7 Å². The summed E-state index contributed by atoms with van der Waals surface area (Å²) < 4.78 is 0. The van der Waals surface area contributed by atoms with Crippen LogP contribution >= 0.6 is 0 Å². The molecule has 0 aromatic carbocycles. The van der Waals surface area contributed by atoms with Crippen LogP contribution in [0, 0.1) is 0 Å². The van der Waals surface area contributed by atoms with Crippen molar-refractivity contribution in [1.29, 1.82) is 0 Å². The van der Waals surface area contributed by atoms with Crippen LogP contribution in [0.5, 0.6) is 0 Å². The van der Waals surface area contributed by atoms with E-state index in [2.05, 4.69) is 20.2 Å². The Morgan fingerprint density at radius 2 is 2.21 bits per heavy atom. The second-order valence-corrected chi connectivity index (χ2v) is 4.16. The van der Waals surface area contributed by atoms with Gasteiger partial charge in [-0.1, -0.05) is 0 Å². The minimum Gasteiger partial charge on any atom is -0.347 e. The number of rotatable bonds is 1. The number of hydrogen-bond donors (Lipinski definition) is 2. The second kappa shape index (κ2) is 3.37. The molecule has 0 aliphatic carbocycles. The molecule has 0 saturated carbocycles. The first-order valence-corrected chi connectivity index (χ1v) is 5.42. The third kappa shape index (κ3) is 1.26. The lowest BCUT2D eigenvalue weighted by Gasteiger charge is -2.30. The van der Waals surface area contributed by atoms with Crippen LogP contribution in [0.2, 0.25) is 0 Å². The molecule has 0 bridgehead atoms. The van der Waals surface area contributed by atoms with Gasteiger partial charge in [0.2, 0.25) is 0 Å². The predicted octanol–water partition coefficient (Wildman–Crippen LogP) is 0.650. The van der Waals surface area contributed by atoms with E-state index in [4.69, 9.17) is 0 Å². The van der Waals surface area contributed by atoms with Gasteiger partial charge < -0.3 is 10.3 Å². The van der Waals surface area contributed by atoms with Gasteiger partial charge in [0.25, 0.3) is 0 Å². The molecule has 4 heteroatoms. The number of imidazole rings is 1. The van der Waals surface area contributed by atoms with Gasteiger partial charge in [-0.05, 0) is 25.9 Å². The van der Waals surface area contributed by atoms with E-state index in [-0.39, 0.29) is 0 Å². The van der Waals surface area contributed by atoms with Gasteiger partial charge in [0.05, 0.1) is 23.8 Å². The lowest BCUT2D eigenvalue weighted by atomic mass is 10.1. The first-order chi connectivity index (χ1) is 6.95. The third-order valence-corrected chi connectivity index (χ3v) is 3.29. The minimum absolute atomic E-state index is 0.507. The number of H-pyrrole nitrogens is 1. The summed E-state index contributed by atoms with van der Waals surface area (Å²) in [5.74, 6) is 0. The zero-order valence-corrected chi connectivity index (χ0v) is 8.29. The van der Waals surface area contributed by atoms with E-state index >= 15 is 0 Å². The third-order valence-electron chi connectivity index (χ3n) is 3.29. The molecular weight excluding hydrogens is 176 g/mol. The molecule has 1 aromatic rings. The molecule has 0 amide bonds. The predicted molar refractivity (Wildman–Crippen MR) is 53.8 cm³/mol.